The number of benzene rings is 2. The maximum absolute atomic E-state index is 12.0. The normalized spacial score (nSPS) is 11.3. The highest BCUT2D eigenvalue weighted by molar-refractivity contribution is 5.96. The lowest BCUT2D eigenvalue weighted by molar-refractivity contribution is -0.126. The van der Waals surface area contributed by atoms with Gasteiger partial charge in [-0.2, -0.15) is 0 Å². The van der Waals surface area contributed by atoms with E-state index in [0.29, 0.717) is 17.9 Å². The molecule has 0 radical (unpaired) electrons. The lowest BCUT2D eigenvalue weighted by Gasteiger charge is -2.14. The zero-order chi connectivity index (χ0) is 18.2. The Morgan fingerprint density at radius 1 is 1.00 bits per heavy atom. The highest BCUT2D eigenvalue weighted by atomic mass is 16.5. The number of rotatable bonds is 6. The van der Waals surface area contributed by atoms with Gasteiger partial charge in [0, 0.05) is 12.1 Å². The molecule has 2 aromatic carbocycles. The van der Waals surface area contributed by atoms with Gasteiger partial charge in [-0.3, -0.25) is 14.9 Å². The van der Waals surface area contributed by atoms with Crippen LogP contribution in [0.2, 0.25) is 0 Å². The number of hydrogen-bond acceptors (Lipinski definition) is 4. The molecule has 6 heteroatoms. The number of imide groups is 1. The summed E-state index contributed by atoms with van der Waals surface area (Å²) in [6.07, 6.45) is -0.856. The van der Waals surface area contributed by atoms with Crippen LogP contribution in [-0.2, 0) is 11.3 Å². The van der Waals surface area contributed by atoms with Gasteiger partial charge in [0.15, 0.2) is 11.9 Å². The van der Waals surface area contributed by atoms with Crippen LogP contribution < -0.4 is 15.4 Å². The van der Waals surface area contributed by atoms with Crippen LogP contribution in [0, 0.1) is 0 Å². The van der Waals surface area contributed by atoms with Gasteiger partial charge in [0.2, 0.25) is 0 Å². The second-order valence-corrected chi connectivity index (χ2v) is 5.50. The summed E-state index contributed by atoms with van der Waals surface area (Å²) in [5.41, 5.74) is 1.49. The van der Waals surface area contributed by atoms with Gasteiger partial charge in [0.1, 0.15) is 5.75 Å². The molecule has 3 amide bonds. The van der Waals surface area contributed by atoms with Crippen LogP contribution in [0.15, 0.2) is 54.6 Å². The molecule has 1 unspecified atom stereocenters. The van der Waals surface area contributed by atoms with E-state index in [0.717, 1.165) is 5.56 Å². The van der Waals surface area contributed by atoms with E-state index >= 15 is 0 Å². The zero-order valence-corrected chi connectivity index (χ0v) is 14.1. The molecule has 0 saturated heterocycles. The molecule has 0 aliphatic rings. The van der Waals surface area contributed by atoms with Crippen LogP contribution >= 0.6 is 0 Å². The minimum Gasteiger partial charge on any atom is -0.481 e. The standard InChI is InChI=1S/C19H20N2O4/c1-13(22)16-8-10-17(11-9-16)25-14(2)18(23)21-19(24)20-12-15-6-4-3-5-7-15/h3-11,14H,12H2,1-2H3,(H2,20,21,23,24). The summed E-state index contributed by atoms with van der Waals surface area (Å²) >= 11 is 0. The van der Waals surface area contributed by atoms with Crippen LogP contribution in [0.4, 0.5) is 4.79 Å². The molecule has 25 heavy (non-hydrogen) atoms. The fraction of sp³-hybridized carbons (Fsp3) is 0.211. The van der Waals surface area contributed by atoms with E-state index in [-0.39, 0.29) is 5.78 Å². The molecule has 2 rings (SSSR count). The number of nitrogens with one attached hydrogen (secondary N) is 2. The zero-order valence-electron chi connectivity index (χ0n) is 14.1. The molecule has 0 saturated carbocycles. The van der Waals surface area contributed by atoms with Gasteiger partial charge in [-0.05, 0) is 43.7 Å². The van der Waals surface area contributed by atoms with Gasteiger partial charge in [-0.25, -0.2) is 4.79 Å². The molecule has 1 atom stereocenters. The molecule has 0 spiro atoms. The number of ketones is 1. The van der Waals surface area contributed by atoms with Crippen molar-refractivity contribution in [2.45, 2.75) is 26.5 Å². The van der Waals surface area contributed by atoms with Crippen LogP contribution in [0.25, 0.3) is 0 Å². The molecule has 2 aromatic rings. The first-order chi connectivity index (χ1) is 12.0. The van der Waals surface area contributed by atoms with Gasteiger partial charge in [0.05, 0.1) is 0 Å². The number of Topliss-reactive ketones (excluding diaryl/α,β-unsaturated/α-hetero) is 1. The number of urea groups is 1. The Morgan fingerprint density at radius 2 is 1.64 bits per heavy atom. The van der Waals surface area contributed by atoms with Crippen LogP contribution in [-0.4, -0.2) is 23.8 Å². The maximum Gasteiger partial charge on any atom is 0.321 e. The molecule has 0 fully saturated rings. The van der Waals surface area contributed by atoms with Crippen molar-refractivity contribution >= 4 is 17.7 Å². The van der Waals surface area contributed by atoms with Crippen LogP contribution in [0.3, 0.4) is 0 Å². The summed E-state index contributed by atoms with van der Waals surface area (Å²) in [4.78, 5) is 35.0. The second-order valence-electron chi connectivity index (χ2n) is 5.50. The van der Waals surface area contributed by atoms with Crippen molar-refractivity contribution in [1.29, 1.82) is 0 Å². The Kier molecular flexibility index (Phi) is 6.28. The summed E-state index contributed by atoms with van der Waals surface area (Å²) < 4.78 is 5.47. The van der Waals surface area contributed by atoms with Crippen LogP contribution in [0.5, 0.6) is 5.75 Å². The number of carbonyl (C=O) groups excluding carboxylic acids is 3. The van der Waals surface area contributed by atoms with E-state index in [1.807, 2.05) is 30.3 Å². The molecule has 0 aromatic heterocycles. The Balaban J connectivity index is 1.81. The largest absolute Gasteiger partial charge is 0.481 e. The molecule has 0 aliphatic carbocycles. The highest BCUT2D eigenvalue weighted by Gasteiger charge is 2.17. The summed E-state index contributed by atoms with van der Waals surface area (Å²) in [5.74, 6) is -0.161. The Morgan fingerprint density at radius 3 is 2.24 bits per heavy atom. The van der Waals surface area contributed by atoms with Gasteiger partial charge >= 0.3 is 6.03 Å². The van der Waals surface area contributed by atoms with Crippen molar-refractivity contribution in [1.82, 2.24) is 10.6 Å². The van der Waals surface area contributed by atoms with Crippen molar-refractivity contribution in [3.05, 3.63) is 65.7 Å². The molecule has 2 N–H and O–H groups in total. The fourth-order valence-electron chi connectivity index (χ4n) is 2.06. The average Bonchev–Trinajstić information content (AvgIpc) is 2.61. The maximum atomic E-state index is 12.0. The molecule has 6 nitrogen and oxygen atoms in total. The van der Waals surface area contributed by atoms with E-state index in [1.165, 1.54) is 6.92 Å². The highest BCUT2D eigenvalue weighted by Crippen LogP contribution is 2.14. The van der Waals surface area contributed by atoms with Gasteiger partial charge < -0.3 is 10.1 Å². The van der Waals surface area contributed by atoms with Crippen LogP contribution in [0.1, 0.15) is 29.8 Å². The lowest BCUT2D eigenvalue weighted by atomic mass is 10.1. The lowest BCUT2D eigenvalue weighted by Crippen LogP contribution is -2.44. The second kappa shape index (κ2) is 8.63. The first-order valence-electron chi connectivity index (χ1n) is 7.86. The SMILES string of the molecule is CC(=O)c1ccc(OC(C)C(=O)NC(=O)NCc2ccccc2)cc1. The van der Waals surface area contributed by atoms with Gasteiger partial charge in [0.25, 0.3) is 5.91 Å². The fourth-order valence-corrected chi connectivity index (χ4v) is 2.06. The summed E-state index contributed by atoms with van der Waals surface area (Å²) in [7, 11) is 0. The van der Waals surface area contributed by atoms with E-state index in [2.05, 4.69) is 10.6 Å². The summed E-state index contributed by atoms with van der Waals surface area (Å²) in [5, 5.41) is 4.84. The number of ether oxygens (including phenoxy) is 1. The van der Waals surface area contributed by atoms with Crippen molar-refractivity contribution in [3.63, 3.8) is 0 Å². The minimum atomic E-state index is -0.856. The predicted octanol–water partition coefficient (Wildman–Crippen LogP) is 2.68. The first kappa shape index (κ1) is 18.2. The van der Waals surface area contributed by atoms with Gasteiger partial charge in [-0.1, -0.05) is 30.3 Å². The van der Waals surface area contributed by atoms with Crippen molar-refractivity contribution in [3.8, 4) is 5.75 Å². The molecular formula is C19H20N2O4. The number of amides is 3. The summed E-state index contributed by atoms with van der Waals surface area (Å²) in [6, 6.07) is 15.2. The number of hydrogen-bond donors (Lipinski definition) is 2. The van der Waals surface area contributed by atoms with E-state index in [4.69, 9.17) is 4.74 Å². The van der Waals surface area contributed by atoms with E-state index < -0.39 is 18.0 Å². The molecular weight excluding hydrogens is 320 g/mol. The number of carbonyl (C=O) groups is 3. The van der Waals surface area contributed by atoms with E-state index in [9.17, 15) is 14.4 Å². The predicted molar refractivity (Wildman–Crippen MR) is 93.4 cm³/mol. The molecule has 0 bridgehead atoms. The Labute approximate surface area is 146 Å². The third kappa shape index (κ3) is 5.76. The van der Waals surface area contributed by atoms with E-state index in [1.54, 1.807) is 31.2 Å². The quantitative estimate of drug-likeness (QED) is 0.792. The first-order valence-corrected chi connectivity index (χ1v) is 7.86. The van der Waals surface area contributed by atoms with Crippen molar-refractivity contribution in [2.24, 2.45) is 0 Å². The molecule has 0 aliphatic heterocycles. The monoisotopic (exact) mass is 340 g/mol. The van der Waals surface area contributed by atoms with Gasteiger partial charge in [-0.15, -0.1) is 0 Å². The minimum absolute atomic E-state index is 0.0487. The Bertz CT molecular complexity index is 742. The smallest absolute Gasteiger partial charge is 0.321 e. The van der Waals surface area contributed by atoms with Crippen molar-refractivity contribution in [2.75, 3.05) is 0 Å². The molecule has 130 valence electrons. The summed E-state index contributed by atoms with van der Waals surface area (Å²) in [6.45, 7) is 3.33. The third-order valence-electron chi connectivity index (χ3n) is 3.48. The average molecular weight is 340 g/mol. The topological polar surface area (TPSA) is 84.5 Å². The Hall–Kier alpha value is -3.15. The third-order valence-corrected chi connectivity index (χ3v) is 3.48. The molecule has 0 heterocycles. The van der Waals surface area contributed by atoms with Crippen molar-refractivity contribution < 1.29 is 19.1 Å².